The van der Waals surface area contributed by atoms with Gasteiger partial charge in [0.05, 0.1) is 0 Å². The maximum Gasteiger partial charge on any atom is 0.0487 e. The molecule has 0 fully saturated rings. The minimum Gasteiger partial charge on any atom is -0.145 e. The van der Waals surface area contributed by atoms with E-state index >= 15 is 0 Å². The molecule has 3 heteroatoms. The van der Waals surface area contributed by atoms with E-state index in [0.717, 1.165) is 0 Å². The lowest BCUT2D eigenvalue weighted by Gasteiger charge is -2.18. The van der Waals surface area contributed by atoms with Gasteiger partial charge in [0.25, 0.3) is 0 Å². The van der Waals surface area contributed by atoms with Gasteiger partial charge in [-0.15, -0.1) is 22.9 Å². The van der Waals surface area contributed by atoms with Crippen molar-refractivity contribution in [3.05, 3.63) is 112 Å². The summed E-state index contributed by atoms with van der Waals surface area (Å²) >= 11 is 7.59. The van der Waals surface area contributed by atoms with Crippen LogP contribution >= 0.6 is 30.9 Å². The van der Waals surface area contributed by atoms with E-state index in [9.17, 15) is 0 Å². The van der Waals surface area contributed by atoms with Gasteiger partial charge in [-0.3, -0.25) is 0 Å². The molecule has 0 atom stereocenters. The maximum atomic E-state index is 5.76. The van der Waals surface area contributed by atoms with Crippen LogP contribution < -0.4 is 15.9 Å². The zero-order valence-electron chi connectivity index (χ0n) is 17.1. The summed E-state index contributed by atoms with van der Waals surface area (Å²) in [6.45, 7) is 6.40. The Bertz CT molecular complexity index is 917. The molecular weight excluding hydrogens is 411 g/mol. The standard InChI is InChI=1S/C18H15P.C8H11ClS/c1-4-10-16(11-5-1)19(17-12-6-2-7-13-17)18-14-8-3-9-15-18;1-5-6(2)10-7(3)8(5)4-9/h1-15H;4H2,1-3H3. The summed E-state index contributed by atoms with van der Waals surface area (Å²) in [5.74, 6) is 0.655. The van der Waals surface area contributed by atoms with Crippen molar-refractivity contribution in [2.24, 2.45) is 0 Å². The number of rotatable bonds is 4. The number of hydrogen-bond donors (Lipinski definition) is 0. The van der Waals surface area contributed by atoms with Crippen LogP contribution in [-0.2, 0) is 5.88 Å². The van der Waals surface area contributed by atoms with Gasteiger partial charge in [0.2, 0.25) is 0 Å². The highest BCUT2D eigenvalue weighted by Crippen LogP contribution is 2.32. The van der Waals surface area contributed by atoms with E-state index in [4.69, 9.17) is 11.6 Å². The fourth-order valence-corrected chi connectivity index (χ4v) is 7.09. The molecular formula is C26H26ClPS. The first-order valence-corrected chi connectivity index (χ1v) is 12.4. The van der Waals surface area contributed by atoms with Crippen molar-refractivity contribution in [2.75, 3.05) is 0 Å². The Hall–Kier alpha value is -1.92. The molecule has 0 aliphatic rings. The van der Waals surface area contributed by atoms with Crippen LogP contribution in [0.2, 0.25) is 0 Å². The quantitative estimate of drug-likeness (QED) is 0.242. The molecule has 0 N–H and O–H groups in total. The fourth-order valence-electron chi connectivity index (χ4n) is 3.22. The first kappa shape index (κ1) is 21.8. The van der Waals surface area contributed by atoms with Gasteiger partial charge in [-0.2, -0.15) is 0 Å². The van der Waals surface area contributed by atoms with Crippen LogP contribution in [0, 0.1) is 20.8 Å². The molecule has 0 radical (unpaired) electrons. The van der Waals surface area contributed by atoms with E-state index in [2.05, 4.69) is 112 Å². The van der Waals surface area contributed by atoms with Crippen molar-refractivity contribution in [2.45, 2.75) is 26.7 Å². The van der Waals surface area contributed by atoms with Crippen LogP contribution in [0.3, 0.4) is 0 Å². The molecule has 0 saturated carbocycles. The molecule has 1 aromatic heterocycles. The average Bonchev–Trinajstić information content (AvgIpc) is 3.02. The van der Waals surface area contributed by atoms with Gasteiger partial charge in [-0.25, -0.2) is 0 Å². The Morgan fingerprint density at radius 2 is 1.00 bits per heavy atom. The van der Waals surface area contributed by atoms with Crippen molar-refractivity contribution >= 4 is 46.8 Å². The SMILES string of the molecule is Cc1sc(C)c(CCl)c1C.c1ccc(P(c2ccccc2)c2ccccc2)cc1. The lowest BCUT2D eigenvalue weighted by molar-refractivity contribution is 1.28. The Morgan fingerprint density at radius 3 is 1.24 bits per heavy atom. The molecule has 0 bridgehead atoms. The highest BCUT2D eigenvalue weighted by Gasteiger charge is 2.15. The average molecular weight is 437 g/mol. The van der Waals surface area contributed by atoms with Gasteiger partial charge in [0.1, 0.15) is 0 Å². The predicted molar refractivity (Wildman–Crippen MR) is 133 cm³/mol. The molecule has 0 amide bonds. The van der Waals surface area contributed by atoms with Crippen LogP contribution in [0.25, 0.3) is 0 Å². The van der Waals surface area contributed by atoms with E-state index in [-0.39, 0.29) is 0 Å². The molecule has 0 aliphatic heterocycles. The number of hydrogen-bond acceptors (Lipinski definition) is 1. The lowest BCUT2D eigenvalue weighted by Crippen LogP contribution is -2.20. The number of aryl methyl sites for hydroxylation is 2. The van der Waals surface area contributed by atoms with E-state index in [1.54, 1.807) is 0 Å². The summed E-state index contributed by atoms with van der Waals surface area (Å²) in [6.07, 6.45) is 0. The Balaban J connectivity index is 0.000000204. The normalized spacial score (nSPS) is 10.5. The molecule has 0 saturated heterocycles. The number of halogens is 1. The Morgan fingerprint density at radius 1 is 0.621 bits per heavy atom. The molecule has 3 aromatic carbocycles. The third kappa shape index (κ3) is 5.58. The number of thiophene rings is 1. The lowest BCUT2D eigenvalue weighted by atomic mass is 10.1. The second-order valence-electron chi connectivity index (χ2n) is 6.79. The van der Waals surface area contributed by atoms with Gasteiger partial charge < -0.3 is 0 Å². The summed E-state index contributed by atoms with van der Waals surface area (Å²) in [5.41, 5.74) is 2.70. The molecule has 148 valence electrons. The molecule has 29 heavy (non-hydrogen) atoms. The van der Waals surface area contributed by atoms with Crippen LogP contribution in [-0.4, -0.2) is 0 Å². The zero-order chi connectivity index (χ0) is 20.6. The van der Waals surface area contributed by atoms with Crippen LogP contribution in [0.5, 0.6) is 0 Å². The van der Waals surface area contributed by atoms with Crippen molar-refractivity contribution in [3.63, 3.8) is 0 Å². The van der Waals surface area contributed by atoms with E-state index in [0.29, 0.717) is 5.88 Å². The van der Waals surface area contributed by atoms with E-state index < -0.39 is 7.92 Å². The monoisotopic (exact) mass is 436 g/mol. The van der Waals surface area contributed by atoms with Gasteiger partial charge >= 0.3 is 0 Å². The van der Waals surface area contributed by atoms with Gasteiger partial charge in [0, 0.05) is 15.6 Å². The highest BCUT2D eigenvalue weighted by molar-refractivity contribution is 7.79. The molecule has 4 rings (SSSR count). The van der Waals surface area contributed by atoms with Crippen molar-refractivity contribution in [3.8, 4) is 0 Å². The van der Waals surface area contributed by atoms with Gasteiger partial charge in [-0.1, -0.05) is 91.0 Å². The van der Waals surface area contributed by atoms with E-state index in [1.807, 2.05) is 11.3 Å². The maximum absolute atomic E-state index is 5.76. The smallest absolute Gasteiger partial charge is 0.0487 e. The largest absolute Gasteiger partial charge is 0.145 e. The second kappa shape index (κ2) is 10.7. The van der Waals surface area contributed by atoms with E-state index in [1.165, 1.54) is 36.8 Å². The van der Waals surface area contributed by atoms with Crippen molar-refractivity contribution < 1.29 is 0 Å². The molecule has 0 unspecified atom stereocenters. The summed E-state index contributed by atoms with van der Waals surface area (Å²) in [6, 6.07) is 32.3. The Labute approximate surface area is 185 Å². The van der Waals surface area contributed by atoms with Gasteiger partial charge in [-0.05, 0) is 55.7 Å². The van der Waals surface area contributed by atoms with Crippen molar-refractivity contribution in [1.82, 2.24) is 0 Å². The molecule has 0 aliphatic carbocycles. The van der Waals surface area contributed by atoms with Crippen LogP contribution in [0.15, 0.2) is 91.0 Å². The van der Waals surface area contributed by atoms with Crippen LogP contribution in [0.1, 0.15) is 20.9 Å². The highest BCUT2D eigenvalue weighted by atomic mass is 35.5. The van der Waals surface area contributed by atoms with Gasteiger partial charge in [0.15, 0.2) is 0 Å². The third-order valence-corrected chi connectivity index (χ3v) is 8.76. The summed E-state index contributed by atoms with van der Waals surface area (Å²) < 4.78 is 0. The molecule has 4 aromatic rings. The molecule has 0 nitrogen and oxygen atoms in total. The summed E-state index contributed by atoms with van der Waals surface area (Å²) in [7, 11) is -0.446. The Kier molecular flexibility index (Phi) is 8.07. The predicted octanol–water partition coefficient (Wildman–Crippen LogP) is 6.86. The second-order valence-corrected chi connectivity index (χ2v) is 10.7. The van der Waals surface area contributed by atoms with Crippen molar-refractivity contribution in [1.29, 1.82) is 0 Å². The summed E-state index contributed by atoms with van der Waals surface area (Å²) in [4.78, 5) is 2.76. The topological polar surface area (TPSA) is 0 Å². The first-order chi connectivity index (χ1) is 14.1. The fraction of sp³-hybridized carbons (Fsp3) is 0.154. The third-order valence-electron chi connectivity index (χ3n) is 4.89. The molecule has 1 heterocycles. The first-order valence-electron chi connectivity index (χ1n) is 9.68. The minimum absolute atomic E-state index is 0.446. The molecule has 0 spiro atoms. The number of alkyl halides is 1. The zero-order valence-corrected chi connectivity index (χ0v) is 19.6. The van der Waals surface area contributed by atoms with Crippen LogP contribution in [0.4, 0.5) is 0 Å². The minimum atomic E-state index is -0.446. The summed E-state index contributed by atoms with van der Waals surface area (Å²) in [5, 5.41) is 4.19. The number of benzene rings is 3.